The Labute approximate surface area is 182 Å². The normalized spacial score (nSPS) is 17.2. The molecule has 2 aliphatic heterocycles. The number of hydrogen-bond acceptors (Lipinski definition) is 6. The number of aromatic nitrogens is 1. The Morgan fingerprint density at radius 1 is 1.23 bits per heavy atom. The molecule has 0 unspecified atom stereocenters. The van der Waals surface area contributed by atoms with Gasteiger partial charge in [0.05, 0.1) is 17.9 Å². The van der Waals surface area contributed by atoms with Crippen LogP contribution in [-0.2, 0) is 14.3 Å². The van der Waals surface area contributed by atoms with Gasteiger partial charge in [-0.25, -0.2) is 5.43 Å². The second-order valence-electron chi connectivity index (χ2n) is 7.91. The summed E-state index contributed by atoms with van der Waals surface area (Å²) >= 11 is 0. The number of carbonyl (C=O) groups excluding carboxylic acids is 3. The van der Waals surface area contributed by atoms with Gasteiger partial charge in [0, 0.05) is 50.7 Å². The van der Waals surface area contributed by atoms with E-state index in [4.69, 9.17) is 4.74 Å². The van der Waals surface area contributed by atoms with Crippen molar-refractivity contribution in [2.75, 3.05) is 32.8 Å². The average molecular weight is 430 g/mol. The Kier molecular flexibility index (Phi) is 8.11. The smallest absolute Gasteiger partial charge is 0.270 e. The minimum atomic E-state index is -0.163. The van der Waals surface area contributed by atoms with Gasteiger partial charge in [-0.15, -0.1) is 0 Å². The number of piperidine rings is 1. The van der Waals surface area contributed by atoms with E-state index in [1.807, 2.05) is 26.0 Å². The fraction of sp³-hybridized carbons (Fsp3) is 0.591. The van der Waals surface area contributed by atoms with Crippen LogP contribution in [0.2, 0.25) is 0 Å². The number of rotatable bonds is 8. The number of pyridine rings is 1. The lowest BCUT2D eigenvalue weighted by Crippen LogP contribution is -2.44. The van der Waals surface area contributed by atoms with Crippen molar-refractivity contribution in [3.8, 4) is 0 Å². The first kappa shape index (κ1) is 22.9. The van der Waals surface area contributed by atoms with Crippen molar-refractivity contribution >= 4 is 23.4 Å². The summed E-state index contributed by atoms with van der Waals surface area (Å²) in [6, 6.07) is 3.68. The zero-order chi connectivity index (χ0) is 22.2. The Morgan fingerprint density at radius 3 is 2.68 bits per heavy atom. The molecule has 0 spiro atoms. The maximum atomic E-state index is 12.7. The first-order chi connectivity index (χ1) is 15.0. The molecule has 0 atom stereocenters. The molecule has 9 nitrogen and oxygen atoms in total. The van der Waals surface area contributed by atoms with E-state index in [0.717, 1.165) is 30.7 Å². The van der Waals surface area contributed by atoms with Gasteiger partial charge in [0.25, 0.3) is 11.8 Å². The number of amides is 3. The van der Waals surface area contributed by atoms with Gasteiger partial charge in [-0.2, -0.15) is 5.10 Å². The fourth-order valence-corrected chi connectivity index (χ4v) is 3.83. The van der Waals surface area contributed by atoms with E-state index >= 15 is 0 Å². The van der Waals surface area contributed by atoms with Crippen LogP contribution >= 0.6 is 0 Å². The Morgan fingerprint density at radius 2 is 2.00 bits per heavy atom. The monoisotopic (exact) mass is 429 g/mol. The van der Waals surface area contributed by atoms with Gasteiger partial charge >= 0.3 is 0 Å². The molecule has 1 aromatic rings. The lowest BCUT2D eigenvalue weighted by molar-refractivity contribution is -0.125. The van der Waals surface area contributed by atoms with Crippen molar-refractivity contribution < 1.29 is 19.1 Å². The summed E-state index contributed by atoms with van der Waals surface area (Å²) in [5.74, 6) is -0.327. The second-order valence-corrected chi connectivity index (χ2v) is 7.91. The predicted octanol–water partition coefficient (Wildman–Crippen LogP) is 1.52. The number of ether oxygens (including phenoxy) is 1. The number of hydrazone groups is 1. The highest BCUT2D eigenvalue weighted by molar-refractivity contribution is 6.39. The molecule has 0 radical (unpaired) electrons. The third-order valence-corrected chi connectivity index (χ3v) is 5.51. The molecule has 1 fully saturated rings. The van der Waals surface area contributed by atoms with E-state index in [9.17, 15) is 14.4 Å². The molecule has 31 heavy (non-hydrogen) atoms. The molecule has 2 aliphatic rings. The van der Waals surface area contributed by atoms with Crippen LogP contribution in [-0.4, -0.2) is 66.2 Å². The maximum absolute atomic E-state index is 12.7. The summed E-state index contributed by atoms with van der Waals surface area (Å²) in [5.41, 5.74) is 5.02. The van der Waals surface area contributed by atoms with E-state index < -0.39 is 0 Å². The first-order valence-electron chi connectivity index (χ1n) is 11.0. The summed E-state index contributed by atoms with van der Waals surface area (Å²) in [6.45, 7) is 6.72. The summed E-state index contributed by atoms with van der Waals surface area (Å²) in [4.78, 5) is 43.1. The molecular weight excluding hydrogens is 398 g/mol. The lowest BCUT2D eigenvalue weighted by atomic mass is 9.89. The molecule has 0 aliphatic carbocycles. The maximum Gasteiger partial charge on any atom is 0.270 e. The Hall–Kier alpha value is -2.81. The quantitative estimate of drug-likeness (QED) is 0.609. The van der Waals surface area contributed by atoms with Crippen LogP contribution in [0.5, 0.6) is 0 Å². The standard InChI is InChI=1S/C22H31N5O4/c1-3-13-31-14-10-23-21(29)17-5-4-15(2)24-20(17)16-8-11-27(12-9-16)22(30)18-6-7-19(28)26-25-18/h4-5,16H,3,6-14H2,1-2H3,(H,23,29)(H,26,28). The predicted molar refractivity (Wildman–Crippen MR) is 116 cm³/mol. The summed E-state index contributed by atoms with van der Waals surface area (Å²) in [7, 11) is 0. The number of carbonyl (C=O) groups is 3. The highest BCUT2D eigenvalue weighted by Gasteiger charge is 2.30. The van der Waals surface area contributed by atoms with E-state index in [2.05, 4.69) is 20.8 Å². The highest BCUT2D eigenvalue weighted by atomic mass is 16.5. The molecule has 2 N–H and O–H groups in total. The Balaban J connectivity index is 1.60. The summed E-state index contributed by atoms with van der Waals surface area (Å²) in [6.07, 6.45) is 3.05. The van der Waals surface area contributed by atoms with Gasteiger partial charge in [-0.1, -0.05) is 6.92 Å². The zero-order valence-corrected chi connectivity index (χ0v) is 18.3. The van der Waals surface area contributed by atoms with Gasteiger partial charge < -0.3 is 15.0 Å². The van der Waals surface area contributed by atoms with E-state index in [1.54, 1.807) is 4.90 Å². The van der Waals surface area contributed by atoms with Crippen molar-refractivity contribution in [3.05, 3.63) is 29.1 Å². The SMILES string of the molecule is CCCOCCNC(=O)c1ccc(C)nc1C1CCN(C(=O)C2=NNC(=O)CC2)CC1. The van der Waals surface area contributed by atoms with Crippen molar-refractivity contribution in [1.82, 2.24) is 20.6 Å². The van der Waals surface area contributed by atoms with Crippen molar-refractivity contribution in [2.24, 2.45) is 5.10 Å². The third kappa shape index (κ3) is 6.10. The third-order valence-electron chi connectivity index (χ3n) is 5.51. The largest absolute Gasteiger partial charge is 0.380 e. The molecule has 9 heteroatoms. The topological polar surface area (TPSA) is 113 Å². The molecular formula is C22H31N5O4. The van der Waals surface area contributed by atoms with Crippen LogP contribution in [0.1, 0.15) is 66.7 Å². The molecule has 3 heterocycles. The highest BCUT2D eigenvalue weighted by Crippen LogP contribution is 2.29. The van der Waals surface area contributed by atoms with Gasteiger partial charge in [0.1, 0.15) is 5.71 Å². The number of hydrogen-bond donors (Lipinski definition) is 2. The van der Waals surface area contributed by atoms with Crippen molar-refractivity contribution in [2.45, 2.75) is 51.9 Å². The van der Waals surface area contributed by atoms with Crippen LogP contribution < -0.4 is 10.7 Å². The summed E-state index contributed by atoms with van der Waals surface area (Å²) < 4.78 is 5.42. The van der Waals surface area contributed by atoms with Gasteiger partial charge in [-0.05, 0) is 38.3 Å². The first-order valence-corrected chi connectivity index (χ1v) is 11.0. The number of nitrogens with zero attached hydrogens (tertiary/aromatic N) is 3. The second kappa shape index (κ2) is 11.0. The number of aryl methyl sites for hydroxylation is 1. The van der Waals surface area contributed by atoms with Crippen LogP contribution in [0.15, 0.2) is 17.2 Å². The number of nitrogens with one attached hydrogen (secondary N) is 2. The van der Waals surface area contributed by atoms with Crippen LogP contribution in [0.4, 0.5) is 0 Å². The average Bonchev–Trinajstić information content (AvgIpc) is 2.79. The molecule has 0 saturated carbocycles. The van der Waals surface area contributed by atoms with Crippen LogP contribution in [0, 0.1) is 6.92 Å². The van der Waals surface area contributed by atoms with E-state index in [0.29, 0.717) is 50.5 Å². The molecule has 168 valence electrons. The number of likely N-dealkylation sites (tertiary alicyclic amines) is 1. The minimum absolute atomic E-state index is 0.106. The zero-order valence-electron chi connectivity index (χ0n) is 18.3. The van der Waals surface area contributed by atoms with Gasteiger partial charge in [-0.3, -0.25) is 19.4 Å². The van der Waals surface area contributed by atoms with Gasteiger partial charge in [0.2, 0.25) is 5.91 Å². The lowest BCUT2D eigenvalue weighted by Gasteiger charge is -2.33. The fourth-order valence-electron chi connectivity index (χ4n) is 3.83. The van der Waals surface area contributed by atoms with Crippen molar-refractivity contribution in [1.29, 1.82) is 0 Å². The summed E-state index contributed by atoms with van der Waals surface area (Å²) in [5, 5.41) is 6.82. The van der Waals surface area contributed by atoms with Gasteiger partial charge in [0.15, 0.2) is 0 Å². The molecule has 3 rings (SSSR count). The molecule has 1 saturated heterocycles. The Bertz CT molecular complexity index is 846. The minimum Gasteiger partial charge on any atom is -0.380 e. The molecule has 1 aromatic heterocycles. The van der Waals surface area contributed by atoms with Crippen LogP contribution in [0.25, 0.3) is 0 Å². The molecule has 0 bridgehead atoms. The van der Waals surface area contributed by atoms with Crippen LogP contribution in [0.3, 0.4) is 0 Å². The van der Waals surface area contributed by atoms with E-state index in [-0.39, 0.29) is 30.1 Å². The van der Waals surface area contributed by atoms with Crippen molar-refractivity contribution in [3.63, 3.8) is 0 Å². The van der Waals surface area contributed by atoms with E-state index in [1.165, 1.54) is 0 Å². The molecule has 3 amide bonds. The molecule has 0 aromatic carbocycles.